The van der Waals surface area contributed by atoms with E-state index in [0.717, 1.165) is 6.07 Å². The fraction of sp³-hybridized carbons (Fsp3) is 0.235. The van der Waals surface area contributed by atoms with Crippen molar-refractivity contribution in [1.82, 2.24) is 4.90 Å². The van der Waals surface area contributed by atoms with E-state index < -0.39 is 21.0 Å². The van der Waals surface area contributed by atoms with E-state index in [2.05, 4.69) is 0 Å². The monoisotopic (exact) mass is 347 g/mol. The SMILES string of the molecule is O=C(c1ccc(O)cc1O)N1CCC(S(=O)(=O)c2ccccc2)C1. The summed E-state index contributed by atoms with van der Waals surface area (Å²) >= 11 is 0. The summed E-state index contributed by atoms with van der Waals surface area (Å²) < 4.78 is 25.3. The number of hydrogen-bond donors (Lipinski definition) is 2. The molecule has 0 spiro atoms. The molecule has 2 aromatic rings. The summed E-state index contributed by atoms with van der Waals surface area (Å²) in [5, 5.41) is 18.4. The number of amides is 1. The van der Waals surface area contributed by atoms with Crippen LogP contribution in [0.3, 0.4) is 0 Å². The summed E-state index contributed by atoms with van der Waals surface area (Å²) in [7, 11) is -3.50. The zero-order chi connectivity index (χ0) is 17.3. The highest BCUT2D eigenvalue weighted by atomic mass is 32.2. The Hall–Kier alpha value is -2.54. The van der Waals surface area contributed by atoms with Gasteiger partial charge >= 0.3 is 0 Å². The van der Waals surface area contributed by atoms with Crippen molar-refractivity contribution in [3.8, 4) is 11.5 Å². The molecule has 0 bridgehead atoms. The van der Waals surface area contributed by atoms with Crippen LogP contribution in [-0.2, 0) is 9.84 Å². The van der Waals surface area contributed by atoms with Crippen LogP contribution in [0.4, 0.5) is 0 Å². The van der Waals surface area contributed by atoms with Crippen molar-refractivity contribution in [2.75, 3.05) is 13.1 Å². The first-order valence-corrected chi connectivity index (χ1v) is 9.04. The number of nitrogens with zero attached hydrogens (tertiary/aromatic N) is 1. The number of phenolic OH excluding ortho intramolecular Hbond substituents is 2. The number of phenols is 2. The number of rotatable bonds is 3. The second kappa shape index (κ2) is 6.16. The van der Waals surface area contributed by atoms with Gasteiger partial charge in [0, 0.05) is 19.2 Å². The molecule has 2 N–H and O–H groups in total. The van der Waals surface area contributed by atoms with Gasteiger partial charge in [0.1, 0.15) is 11.5 Å². The molecule has 0 aliphatic carbocycles. The molecule has 0 aromatic heterocycles. The van der Waals surface area contributed by atoms with Crippen molar-refractivity contribution in [3.05, 3.63) is 54.1 Å². The third-order valence-electron chi connectivity index (χ3n) is 4.15. The minimum absolute atomic E-state index is 0.0468. The summed E-state index contributed by atoms with van der Waals surface area (Å²) in [5.74, 6) is -0.914. The van der Waals surface area contributed by atoms with E-state index in [1.54, 1.807) is 30.3 Å². The molecule has 1 aliphatic heterocycles. The molecule has 1 amide bonds. The Balaban J connectivity index is 1.79. The van der Waals surface area contributed by atoms with Gasteiger partial charge in [0.05, 0.1) is 15.7 Å². The summed E-state index contributed by atoms with van der Waals surface area (Å²) in [4.78, 5) is 14.1. The lowest BCUT2D eigenvalue weighted by Gasteiger charge is -2.17. The largest absolute Gasteiger partial charge is 0.508 e. The Morgan fingerprint density at radius 2 is 1.79 bits per heavy atom. The van der Waals surface area contributed by atoms with Gasteiger partial charge in [-0.2, -0.15) is 0 Å². The van der Waals surface area contributed by atoms with E-state index in [9.17, 15) is 23.4 Å². The van der Waals surface area contributed by atoms with Crippen LogP contribution in [0.2, 0.25) is 0 Å². The number of carbonyl (C=O) groups excluding carboxylic acids is 1. The van der Waals surface area contributed by atoms with Gasteiger partial charge in [-0.15, -0.1) is 0 Å². The van der Waals surface area contributed by atoms with Gasteiger partial charge in [0.25, 0.3) is 5.91 Å². The van der Waals surface area contributed by atoms with Gasteiger partial charge in [-0.05, 0) is 30.7 Å². The number of aromatic hydroxyl groups is 2. The Morgan fingerprint density at radius 1 is 1.08 bits per heavy atom. The topological polar surface area (TPSA) is 94.9 Å². The molecule has 1 unspecified atom stereocenters. The number of carbonyl (C=O) groups is 1. The molecule has 1 heterocycles. The highest BCUT2D eigenvalue weighted by molar-refractivity contribution is 7.92. The van der Waals surface area contributed by atoms with Gasteiger partial charge < -0.3 is 15.1 Å². The van der Waals surface area contributed by atoms with Crippen LogP contribution in [0, 0.1) is 0 Å². The summed E-state index contributed by atoms with van der Waals surface area (Å²) in [6.45, 7) is 0.381. The van der Waals surface area contributed by atoms with Crippen molar-refractivity contribution in [3.63, 3.8) is 0 Å². The second-order valence-corrected chi connectivity index (χ2v) is 7.95. The number of likely N-dealkylation sites (tertiary alicyclic amines) is 1. The number of hydrogen-bond acceptors (Lipinski definition) is 5. The van der Waals surface area contributed by atoms with E-state index in [1.165, 1.54) is 17.0 Å². The first kappa shape index (κ1) is 16.3. The van der Waals surface area contributed by atoms with Gasteiger partial charge in [-0.1, -0.05) is 18.2 Å². The van der Waals surface area contributed by atoms with Crippen LogP contribution in [-0.4, -0.2) is 47.8 Å². The van der Waals surface area contributed by atoms with E-state index >= 15 is 0 Å². The standard InChI is InChI=1S/C17H17NO5S/c19-12-6-7-15(16(20)10-12)17(21)18-9-8-14(11-18)24(22,23)13-4-2-1-3-5-13/h1-7,10,14,19-20H,8-9,11H2. The van der Waals surface area contributed by atoms with Crippen LogP contribution in [0.5, 0.6) is 11.5 Å². The zero-order valence-corrected chi connectivity index (χ0v) is 13.6. The Morgan fingerprint density at radius 3 is 2.46 bits per heavy atom. The Bertz CT molecular complexity index is 864. The van der Waals surface area contributed by atoms with Crippen LogP contribution >= 0.6 is 0 Å². The summed E-state index contributed by atoms with van der Waals surface area (Å²) in [6, 6.07) is 11.9. The van der Waals surface area contributed by atoms with Crippen LogP contribution in [0.15, 0.2) is 53.4 Å². The predicted octanol–water partition coefficient (Wildman–Crippen LogP) is 1.79. The molecule has 6 nitrogen and oxygen atoms in total. The van der Waals surface area contributed by atoms with Crippen LogP contribution < -0.4 is 0 Å². The molecule has 3 rings (SSSR count). The van der Waals surface area contributed by atoms with E-state index in [4.69, 9.17) is 0 Å². The predicted molar refractivity (Wildman–Crippen MR) is 87.7 cm³/mol. The normalized spacial score (nSPS) is 17.8. The van der Waals surface area contributed by atoms with Crippen molar-refractivity contribution < 1.29 is 23.4 Å². The average molecular weight is 347 g/mol. The maximum Gasteiger partial charge on any atom is 0.257 e. The van der Waals surface area contributed by atoms with Crippen molar-refractivity contribution in [1.29, 1.82) is 0 Å². The lowest BCUT2D eigenvalue weighted by Crippen LogP contribution is -2.32. The lowest BCUT2D eigenvalue weighted by atomic mass is 10.1. The van der Waals surface area contributed by atoms with Gasteiger partial charge in [-0.3, -0.25) is 4.79 Å². The number of benzene rings is 2. The number of sulfone groups is 1. The maximum absolute atomic E-state index is 12.6. The summed E-state index contributed by atoms with van der Waals surface area (Å²) in [5.41, 5.74) is 0.0468. The molecule has 7 heteroatoms. The fourth-order valence-electron chi connectivity index (χ4n) is 2.84. The van der Waals surface area contributed by atoms with Crippen LogP contribution in [0.25, 0.3) is 0 Å². The second-order valence-electron chi connectivity index (χ2n) is 5.72. The molecule has 1 fully saturated rings. The van der Waals surface area contributed by atoms with Crippen molar-refractivity contribution in [2.45, 2.75) is 16.6 Å². The lowest BCUT2D eigenvalue weighted by molar-refractivity contribution is 0.0790. The van der Waals surface area contributed by atoms with Crippen LogP contribution in [0.1, 0.15) is 16.8 Å². The molecule has 1 saturated heterocycles. The molecule has 0 saturated carbocycles. The van der Waals surface area contributed by atoms with Crippen molar-refractivity contribution in [2.24, 2.45) is 0 Å². The molecule has 0 radical (unpaired) electrons. The first-order chi connectivity index (χ1) is 11.4. The Kier molecular flexibility index (Phi) is 4.19. The minimum Gasteiger partial charge on any atom is -0.508 e. The molecular weight excluding hydrogens is 330 g/mol. The van der Waals surface area contributed by atoms with E-state index in [1.807, 2.05) is 0 Å². The molecule has 1 atom stereocenters. The van der Waals surface area contributed by atoms with E-state index in [-0.39, 0.29) is 28.5 Å². The Labute approximate surface area is 139 Å². The highest BCUT2D eigenvalue weighted by Crippen LogP contribution is 2.28. The molecule has 126 valence electrons. The van der Waals surface area contributed by atoms with Gasteiger partial charge in [0.15, 0.2) is 9.84 Å². The average Bonchev–Trinajstić information content (AvgIpc) is 3.06. The first-order valence-electron chi connectivity index (χ1n) is 7.50. The smallest absolute Gasteiger partial charge is 0.257 e. The molecule has 1 aliphatic rings. The third-order valence-corrected chi connectivity index (χ3v) is 6.35. The molecule has 2 aromatic carbocycles. The molecular formula is C17H17NO5S. The van der Waals surface area contributed by atoms with Gasteiger partial charge in [-0.25, -0.2) is 8.42 Å². The highest BCUT2D eigenvalue weighted by Gasteiger charge is 2.36. The quantitative estimate of drug-likeness (QED) is 0.883. The zero-order valence-electron chi connectivity index (χ0n) is 12.8. The van der Waals surface area contributed by atoms with Crippen molar-refractivity contribution >= 4 is 15.7 Å². The van der Waals surface area contributed by atoms with Gasteiger partial charge in [0.2, 0.25) is 0 Å². The minimum atomic E-state index is -3.50. The molecule has 24 heavy (non-hydrogen) atoms. The third kappa shape index (κ3) is 2.94. The maximum atomic E-state index is 12.6. The fourth-order valence-corrected chi connectivity index (χ4v) is 4.55. The summed E-state index contributed by atoms with van der Waals surface area (Å²) in [6.07, 6.45) is 0.349. The van der Waals surface area contributed by atoms with E-state index in [0.29, 0.717) is 13.0 Å².